The van der Waals surface area contributed by atoms with Gasteiger partial charge in [-0.05, 0) is 31.0 Å². The Morgan fingerprint density at radius 3 is 2.67 bits per heavy atom. The predicted octanol–water partition coefficient (Wildman–Crippen LogP) is 2.47. The Morgan fingerprint density at radius 1 is 1.33 bits per heavy atom. The van der Waals surface area contributed by atoms with Gasteiger partial charge in [-0.15, -0.1) is 0 Å². The molecule has 2 aromatic rings. The third kappa shape index (κ3) is 2.95. The minimum atomic E-state index is -2.73. The Balaban J connectivity index is 1.98. The molecule has 1 aliphatic heterocycles. The molecule has 0 amide bonds. The fourth-order valence-electron chi connectivity index (χ4n) is 2.49. The van der Waals surface area contributed by atoms with Crippen molar-refractivity contribution in [1.29, 1.82) is 0 Å². The average molecular weight is 341 g/mol. The van der Waals surface area contributed by atoms with Crippen LogP contribution in [-0.2, 0) is 13.1 Å². The molecular weight excluding hydrogens is 323 g/mol. The van der Waals surface area contributed by atoms with Crippen molar-refractivity contribution >= 4 is 5.82 Å². The zero-order chi connectivity index (χ0) is 19.2. The standard InChI is InChI=1S/C16H16F3N3O2/c1-9-3-4-22-14(21(9)2)7-13(20-16(22)23)24-8-10-5-11(17)15(19)12(18)6-10/h5-7,9H,3-4,8H2,1-2H3/t9-/m0/s1/i8D2. The zero-order valence-corrected chi connectivity index (χ0v) is 13.0. The van der Waals surface area contributed by atoms with Crippen LogP contribution >= 0.6 is 0 Å². The number of anilines is 1. The summed E-state index contributed by atoms with van der Waals surface area (Å²) in [6.45, 7) is -0.293. The second-order valence-corrected chi connectivity index (χ2v) is 5.59. The molecule has 0 saturated heterocycles. The normalized spacial score (nSPS) is 18.7. The van der Waals surface area contributed by atoms with Gasteiger partial charge in [-0.1, -0.05) is 0 Å². The molecule has 1 aromatic heterocycles. The Labute approximate surface area is 139 Å². The van der Waals surface area contributed by atoms with Crippen LogP contribution in [0.4, 0.5) is 19.0 Å². The van der Waals surface area contributed by atoms with Crippen molar-refractivity contribution in [2.24, 2.45) is 0 Å². The number of aromatic nitrogens is 2. The van der Waals surface area contributed by atoms with E-state index in [-0.39, 0.29) is 11.9 Å². The molecule has 0 aliphatic carbocycles. The maximum atomic E-state index is 13.4. The summed E-state index contributed by atoms with van der Waals surface area (Å²) in [5.74, 6) is -4.63. The van der Waals surface area contributed by atoms with E-state index in [1.165, 1.54) is 10.6 Å². The molecule has 0 bridgehead atoms. The smallest absolute Gasteiger partial charge is 0.352 e. The van der Waals surface area contributed by atoms with Crippen LogP contribution in [0.3, 0.4) is 0 Å². The molecule has 24 heavy (non-hydrogen) atoms. The van der Waals surface area contributed by atoms with Gasteiger partial charge in [0.1, 0.15) is 12.4 Å². The van der Waals surface area contributed by atoms with E-state index in [1.54, 1.807) is 7.05 Å². The van der Waals surface area contributed by atoms with Gasteiger partial charge >= 0.3 is 5.69 Å². The molecular formula is C16H16F3N3O2. The lowest BCUT2D eigenvalue weighted by Crippen LogP contribution is -2.41. The largest absolute Gasteiger partial charge is 0.473 e. The number of fused-ring (bicyclic) bond motifs is 1. The minimum Gasteiger partial charge on any atom is -0.473 e. The van der Waals surface area contributed by atoms with E-state index in [0.717, 1.165) is 6.42 Å². The molecule has 0 unspecified atom stereocenters. The summed E-state index contributed by atoms with van der Waals surface area (Å²) in [5.41, 5.74) is -1.20. The molecule has 0 radical (unpaired) electrons. The van der Waals surface area contributed by atoms with Crippen molar-refractivity contribution in [3.8, 4) is 5.88 Å². The molecule has 1 aliphatic rings. The highest BCUT2D eigenvalue weighted by atomic mass is 19.2. The van der Waals surface area contributed by atoms with Gasteiger partial charge in [0.25, 0.3) is 0 Å². The first-order valence-electron chi connectivity index (χ1n) is 8.29. The summed E-state index contributed by atoms with van der Waals surface area (Å²) in [4.78, 5) is 17.7. The highest BCUT2D eigenvalue weighted by molar-refractivity contribution is 5.43. The van der Waals surface area contributed by atoms with Gasteiger partial charge in [0.2, 0.25) is 5.88 Å². The summed E-state index contributed by atoms with van der Waals surface area (Å²) < 4.78 is 62.1. The molecule has 2 heterocycles. The number of halogens is 3. The molecule has 0 fully saturated rings. The predicted molar refractivity (Wildman–Crippen MR) is 81.6 cm³/mol. The molecule has 128 valence electrons. The van der Waals surface area contributed by atoms with E-state index >= 15 is 0 Å². The molecule has 0 saturated carbocycles. The van der Waals surface area contributed by atoms with Gasteiger partial charge in [-0.3, -0.25) is 4.57 Å². The lowest BCUT2D eigenvalue weighted by molar-refractivity contribution is 0.287. The van der Waals surface area contributed by atoms with Crippen LogP contribution in [0.1, 0.15) is 21.6 Å². The van der Waals surface area contributed by atoms with E-state index in [0.29, 0.717) is 24.5 Å². The first-order valence-corrected chi connectivity index (χ1v) is 7.29. The van der Waals surface area contributed by atoms with Crippen LogP contribution in [-0.4, -0.2) is 22.6 Å². The number of hydrogen-bond acceptors (Lipinski definition) is 4. The number of hydrogen-bond donors (Lipinski definition) is 0. The number of nitrogens with zero attached hydrogens (tertiary/aromatic N) is 3. The third-order valence-corrected chi connectivity index (χ3v) is 4.02. The van der Waals surface area contributed by atoms with Crippen LogP contribution < -0.4 is 15.3 Å². The number of rotatable bonds is 3. The van der Waals surface area contributed by atoms with Crippen LogP contribution in [0.5, 0.6) is 5.88 Å². The third-order valence-electron chi connectivity index (χ3n) is 4.02. The van der Waals surface area contributed by atoms with Crippen LogP contribution in [0.15, 0.2) is 23.0 Å². The maximum absolute atomic E-state index is 13.4. The molecule has 1 aromatic carbocycles. The molecule has 0 N–H and O–H groups in total. The van der Waals surface area contributed by atoms with E-state index in [9.17, 15) is 18.0 Å². The van der Waals surface area contributed by atoms with E-state index in [2.05, 4.69) is 4.98 Å². The van der Waals surface area contributed by atoms with Gasteiger partial charge < -0.3 is 9.64 Å². The topological polar surface area (TPSA) is 47.4 Å². The Kier molecular flexibility index (Phi) is 3.58. The first-order chi connectivity index (χ1) is 12.1. The summed E-state index contributed by atoms with van der Waals surface area (Å²) in [7, 11) is 1.78. The van der Waals surface area contributed by atoms with Crippen LogP contribution in [0.25, 0.3) is 0 Å². The maximum Gasteiger partial charge on any atom is 0.352 e. The van der Waals surface area contributed by atoms with Crippen molar-refractivity contribution in [3.63, 3.8) is 0 Å². The first kappa shape index (κ1) is 13.9. The van der Waals surface area contributed by atoms with Gasteiger partial charge in [0.15, 0.2) is 17.5 Å². The van der Waals surface area contributed by atoms with Gasteiger partial charge in [0, 0.05) is 25.7 Å². The molecule has 5 nitrogen and oxygen atoms in total. The molecule has 8 heteroatoms. The average Bonchev–Trinajstić information content (AvgIpc) is 2.55. The summed E-state index contributed by atoms with van der Waals surface area (Å²) in [6.07, 6.45) is 0.750. The van der Waals surface area contributed by atoms with Crippen molar-refractivity contribution in [3.05, 3.63) is 51.7 Å². The van der Waals surface area contributed by atoms with Crippen LogP contribution in [0.2, 0.25) is 0 Å². The highest BCUT2D eigenvalue weighted by Gasteiger charge is 2.22. The number of ether oxygens (including phenoxy) is 1. The molecule has 3 rings (SSSR count). The lowest BCUT2D eigenvalue weighted by Gasteiger charge is -2.34. The Hall–Kier alpha value is -2.51. The van der Waals surface area contributed by atoms with E-state index in [4.69, 9.17) is 7.48 Å². The fourth-order valence-corrected chi connectivity index (χ4v) is 2.49. The van der Waals surface area contributed by atoms with Crippen LogP contribution in [0, 0.1) is 17.5 Å². The second-order valence-electron chi connectivity index (χ2n) is 5.59. The van der Waals surface area contributed by atoms with E-state index in [1.807, 2.05) is 11.8 Å². The van der Waals surface area contributed by atoms with Crippen molar-refractivity contribution in [2.75, 3.05) is 11.9 Å². The second kappa shape index (κ2) is 6.18. The number of benzene rings is 1. The Bertz CT molecular complexity index is 897. The van der Waals surface area contributed by atoms with Crippen molar-refractivity contribution in [1.82, 2.24) is 9.55 Å². The molecule has 1 atom stereocenters. The quantitative estimate of drug-likeness (QED) is 0.805. The minimum absolute atomic E-state index is 0.154. The van der Waals surface area contributed by atoms with Gasteiger partial charge in [0.05, 0.1) is 2.74 Å². The van der Waals surface area contributed by atoms with E-state index < -0.39 is 35.3 Å². The highest BCUT2D eigenvalue weighted by Crippen LogP contribution is 2.24. The zero-order valence-electron chi connectivity index (χ0n) is 15.0. The van der Waals surface area contributed by atoms with Crippen molar-refractivity contribution < 1.29 is 20.6 Å². The summed E-state index contributed by atoms with van der Waals surface area (Å²) in [5, 5.41) is 0. The van der Waals surface area contributed by atoms with Gasteiger partial charge in [-0.25, -0.2) is 18.0 Å². The SMILES string of the molecule is [2H]C([2H])(Oc1cc2n(c(=O)n1)CC[C@H](C)N2C)c1cc(F)c(F)c(F)c1. The monoisotopic (exact) mass is 341 g/mol. The summed E-state index contributed by atoms with van der Waals surface area (Å²) in [6, 6.07) is 2.53. The van der Waals surface area contributed by atoms with Gasteiger partial charge in [-0.2, -0.15) is 4.98 Å². The van der Waals surface area contributed by atoms with Crippen molar-refractivity contribution in [2.45, 2.75) is 32.5 Å². The Morgan fingerprint density at radius 2 is 2.00 bits per heavy atom. The lowest BCUT2D eigenvalue weighted by atomic mass is 10.1. The molecule has 0 spiro atoms. The summed E-state index contributed by atoms with van der Waals surface area (Å²) >= 11 is 0. The fraction of sp³-hybridized carbons (Fsp3) is 0.375.